The number of ether oxygens (including phenoxy) is 1. The van der Waals surface area contributed by atoms with Gasteiger partial charge in [0.1, 0.15) is 0 Å². The molecule has 0 radical (unpaired) electrons. The van der Waals surface area contributed by atoms with E-state index >= 15 is 0 Å². The fraction of sp³-hybridized carbons (Fsp3) is 0.250. The zero-order valence-corrected chi connectivity index (χ0v) is 8.32. The summed E-state index contributed by atoms with van der Waals surface area (Å²) in [7, 11) is 0. The zero-order valence-electron chi connectivity index (χ0n) is 8.32. The number of hydrogen-bond donors (Lipinski definition) is 0. The number of rotatable bonds is 4. The van der Waals surface area contributed by atoms with E-state index in [0.29, 0.717) is 12.8 Å². The largest absolute Gasteiger partial charge is 0.435 e. The van der Waals surface area contributed by atoms with Crippen molar-refractivity contribution in [2.45, 2.75) is 19.8 Å². The molecular weight excluding hydrogens is 176 g/mol. The van der Waals surface area contributed by atoms with Gasteiger partial charge in [-0.05, 0) is 18.9 Å². The van der Waals surface area contributed by atoms with Crippen molar-refractivity contribution >= 4 is 5.97 Å². The number of carbonyl (C=O) groups is 1. The lowest BCUT2D eigenvalue weighted by molar-refractivity contribution is -0.137. The topological polar surface area (TPSA) is 26.3 Å². The van der Waals surface area contributed by atoms with Gasteiger partial charge in [0.15, 0.2) is 0 Å². The first-order valence-electron chi connectivity index (χ1n) is 4.58. The predicted molar refractivity (Wildman–Crippen MR) is 55.8 cm³/mol. The van der Waals surface area contributed by atoms with Gasteiger partial charge in [0.05, 0.1) is 6.26 Å². The monoisotopic (exact) mass is 190 g/mol. The van der Waals surface area contributed by atoms with Crippen molar-refractivity contribution in [2.24, 2.45) is 0 Å². The summed E-state index contributed by atoms with van der Waals surface area (Å²) < 4.78 is 4.61. The van der Waals surface area contributed by atoms with E-state index in [4.69, 9.17) is 0 Å². The van der Waals surface area contributed by atoms with Crippen LogP contribution in [-0.4, -0.2) is 5.97 Å². The normalized spacial score (nSPS) is 9.50. The second-order valence-corrected chi connectivity index (χ2v) is 3.14. The van der Waals surface area contributed by atoms with Crippen molar-refractivity contribution in [3.63, 3.8) is 0 Å². The third-order valence-electron chi connectivity index (χ3n) is 1.95. The van der Waals surface area contributed by atoms with E-state index in [1.54, 1.807) is 0 Å². The Labute approximate surface area is 84.2 Å². The van der Waals surface area contributed by atoms with E-state index in [1.165, 1.54) is 5.56 Å². The lowest BCUT2D eigenvalue weighted by Crippen LogP contribution is -2.01. The molecule has 2 nitrogen and oxygen atoms in total. The van der Waals surface area contributed by atoms with Crippen LogP contribution < -0.4 is 0 Å². The molecule has 0 amide bonds. The zero-order chi connectivity index (χ0) is 10.4. The Morgan fingerprint density at radius 3 is 2.64 bits per heavy atom. The van der Waals surface area contributed by atoms with Crippen molar-refractivity contribution in [1.82, 2.24) is 0 Å². The molecule has 0 saturated heterocycles. The van der Waals surface area contributed by atoms with Crippen LogP contribution in [0.2, 0.25) is 0 Å². The quantitative estimate of drug-likeness (QED) is 0.539. The Bertz CT molecular complexity index is 312. The Morgan fingerprint density at radius 1 is 1.43 bits per heavy atom. The van der Waals surface area contributed by atoms with E-state index in [0.717, 1.165) is 11.8 Å². The molecule has 0 bridgehead atoms. The first kappa shape index (κ1) is 10.5. The van der Waals surface area contributed by atoms with Gasteiger partial charge in [-0.1, -0.05) is 36.4 Å². The molecule has 74 valence electrons. The predicted octanol–water partition coefficient (Wildman–Crippen LogP) is 2.61. The molecule has 0 unspecified atom stereocenters. The summed E-state index contributed by atoms with van der Waals surface area (Å²) in [5.41, 5.74) is 2.37. The maximum absolute atomic E-state index is 11.0. The fourth-order valence-corrected chi connectivity index (χ4v) is 1.15. The summed E-state index contributed by atoms with van der Waals surface area (Å²) in [4.78, 5) is 11.0. The van der Waals surface area contributed by atoms with Gasteiger partial charge in [0, 0.05) is 6.42 Å². The number of aryl methyl sites for hydroxylation is 2. The van der Waals surface area contributed by atoms with Gasteiger partial charge in [-0.2, -0.15) is 0 Å². The third-order valence-corrected chi connectivity index (χ3v) is 1.95. The van der Waals surface area contributed by atoms with Crippen LogP contribution in [0, 0.1) is 6.92 Å². The van der Waals surface area contributed by atoms with E-state index in [1.807, 2.05) is 31.2 Å². The average Bonchev–Trinajstić information content (AvgIpc) is 2.17. The van der Waals surface area contributed by atoms with Crippen LogP contribution in [0.4, 0.5) is 0 Å². The second-order valence-electron chi connectivity index (χ2n) is 3.14. The molecule has 14 heavy (non-hydrogen) atoms. The average molecular weight is 190 g/mol. The molecule has 0 aromatic heterocycles. The summed E-state index contributed by atoms with van der Waals surface area (Å²) in [6.45, 7) is 5.36. The van der Waals surface area contributed by atoms with E-state index < -0.39 is 0 Å². The second kappa shape index (κ2) is 5.22. The van der Waals surface area contributed by atoms with Gasteiger partial charge >= 0.3 is 5.97 Å². The molecule has 0 N–H and O–H groups in total. The summed E-state index contributed by atoms with van der Waals surface area (Å²) in [6.07, 6.45) is 2.28. The first-order valence-corrected chi connectivity index (χ1v) is 4.58. The molecule has 0 saturated carbocycles. The van der Waals surface area contributed by atoms with E-state index in [2.05, 4.69) is 11.3 Å². The molecule has 0 aliphatic rings. The molecule has 1 aromatic carbocycles. The Hall–Kier alpha value is -1.57. The molecule has 1 aromatic rings. The number of carbonyl (C=O) groups excluding carboxylic acids is 1. The van der Waals surface area contributed by atoms with Crippen LogP contribution in [0.15, 0.2) is 37.1 Å². The summed E-state index contributed by atoms with van der Waals surface area (Å²) in [6, 6.07) is 8.12. The van der Waals surface area contributed by atoms with Gasteiger partial charge in [0.25, 0.3) is 0 Å². The van der Waals surface area contributed by atoms with E-state index in [9.17, 15) is 4.79 Å². The third kappa shape index (κ3) is 3.44. The lowest BCUT2D eigenvalue weighted by atomic mass is 10.1. The van der Waals surface area contributed by atoms with Crippen LogP contribution in [-0.2, 0) is 16.0 Å². The smallest absolute Gasteiger partial charge is 0.310 e. The van der Waals surface area contributed by atoms with Crippen molar-refractivity contribution in [1.29, 1.82) is 0 Å². The summed E-state index contributed by atoms with van der Waals surface area (Å²) in [5.74, 6) is -0.236. The van der Waals surface area contributed by atoms with Gasteiger partial charge in [-0.3, -0.25) is 4.79 Å². The molecule has 1 rings (SSSR count). The highest BCUT2D eigenvalue weighted by atomic mass is 16.5. The number of hydrogen-bond acceptors (Lipinski definition) is 2. The first-order chi connectivity index (χ1) is 6.72. The highest BCUT2D eigenvalue weighted by Gasteiger charge is 2.01. The highest BCUT2D eigenvalue weighted by Crippen LogP contribution is 2.06. The molecule has 0 aliphatic carbocycles. The van der Waals surface area contributed by atoms with Crippen LogP contribution >= 0.6 is 0 Å². The molecule has 0 spiro atoms. The Balaban J connectivity index is 2.41. The summed E-state index contributed by atoms with van der Waals surface area (Å²) in [5, 5.41) is 0. The molecule has 0 heterocycles. The molecule has 0 aliphatic heterocycles. The number of benzene rings is 1. The van der Waals surface area contributed by atoms with Crippen molar-refractivity contribution in [2.75, 3.05) is 0 Å². The summed E-state index contributed by atoms with van der Waals surface area (Å²) >= 11 is 0. The van der Waals surface area contributed by atoms with Gasteiger partial charge in [-0.15, -0.1) is 0 Å². The van der Waals surface area contributed by atoms with Crippen LogP contribution in [0.1, 0.15) is 17.5 Å². The Morgan fingerprint density at radius 2 is 2.07 bits per heavy atom. The maximum Gasteiger partial charge on any atom is 0.310 e. The molecule has 0 fully saturated rings. The minimum absolute atomic E-state index is 0.236. The van der Waals surface area contributed by atoms with Gasteiger partial charge < -0.3 is 4.74 Å². The fourth-order valence-electron chi connectivity index (χ4n) is 1.15. The molecule has 2 heteroatoms. The minimum atomic E-state index is -0.236. The van der Waals surface area contributed by atoms with Crippen molar-refractivity contribution < 1.29 is 9.53 Å². The van der Waals surface area contributed by atoms with Gasteiger partial charge in [0.2, 0.25) is 0 Å². The SMILES string of the molecule is C=COC(=O)CCc1ccc(C)cc1. The van der Waals surface area contributed by atoms with Crippen LogP contribution in [0.5, 0.6) is 0 Å². The molecule has 0 atom stereocenters. The van der Waals surface area contributed by atoms with Crippen LogP contribution in [0.3, 0.4) is 0 Å². The standard InChI is InChI=1S/C12H14O2/c1-3-14-12(13)9-8-11-6-4-10(2)5-7-11/h3-7H,1,8-9H2,2H3. The van der Waals surface area contributed by atoms with E-state index in [-0.39, 0.29) is 5.97 Å². The number of esters is 1. The highest BCUT2D eigenvalue weighted by molar-refractivity contribution is 5.70. The van der Waals surface area contributed by atoms with Crippen molar-refractivity contribution in [3.8, 4) is 0 Å². The lowest BCUT2D eigenvalue weighted by Gasteiger charge is -2.00. The maximum atomic E-state index is 11.0. The Kier molecular flexibility index (Phi) is 3.92. The van der Waals surface area contributed by atoms with Gasteiger partial charge in [-0.25, -0.2) is 0 Å². The molecular formula is C12H14O2. The van der Waals surface area contributed by atoms with Crippen LogP contribution in [0.25, 0.3) is 0 Å². The van der Waals surface area contributed by atoms with Crippen molar-refractivity contribution in [3.05, 3.63) is 48.2 Å². The minimum Gasteiger partial charge on any atom is -0.435 e.